The second-order valence-electron chi connectivity index (χ2n) is 5.57. The number of Topliss-reactive ketones (excluding diaryl/α,β-unsaturated/α-hetero) is 1. The van der Waals surface area contributed by atoms with Crippen molar-refractivity contribution in [2.75, 3.05) is 0 Å². The van der Waals surface area contributed by atoms with Gasteiger partial charge in [-0.25, -0.2) is 0 Å². The predicted octanol–water partition coefficient (Wildman–Crippen LogP) is 3.87. The van der Waals surface area contributed by atoms with E-state index in [9.17, 15) is 18.0 Å². The molecule has 1 aliphatic rings. The number of halogens is 3. The van der Waals surface area contributed by atoms with Gasteiger partial charge >= 0.3 is 6.18 Å². The number of aromatic nitrogens is 1. The molecule has 0 amide bonds. The number of aryl methyl sites for hydroxylation is 1. The highest BCUT2D eigenvalue weighted by atomic mass is 19.4. The first-order chi connectivity index (χ1) is 9.36. The Balaban J connectivity index is 1.97. The van der Waals surface area contributed by atoms with Crippen molar-refractivity contribution in [2.45, 2.75) is 45.2 Å². The smallest absolute Gasteiger partial charge is 0.299 e. The molecule has 20 heavy (non-hydrogen) atoms. The summed E-state index contributed by atoms with van der Waals surface area (Å²) in [6.07, 6.45) is -1.25. The zero-order chi connectivity index (χ0) is 14.8. The Labute approximate surface area is 116 Å². The number of carbonyl (C=O) groups is 1. The molecule has 1 aromatic heterocycles. The highest BCUT2D eigenvalue weighted by Crippen LogP contribution is 2.40. The zero-order valence-corrected chi connectivity index (χ0v) is 11.4. The van der Waals surface area contributed by atoms with E-state index in [0.29, 0.717) is 18.5 Å². The Morgan fingerprint density at radius 3 is 2.70 bits per heavy atom. The van der Waals surface area contributed by atoms with E-state index >= 15 is 0 Å². The third-order valence-electron chi connectivity index (χ3n) is 3.92. The Bertz CT molecular complexity index is 467. The molecule has 0 N–H and O–H groups in total. The van der Waals surface area contributed by atoms with Gasteiger partial charge in [0.1, 0.15) is 5.78 Å². The third kappa shape index (κ3) is 3.81. The summed E-state index contributed by atoms with van der Waals surface area (Å²) in [6.45, 7) is 1.90. The Kier molecular flexibility index (Phi) is 4.45. The molecule has 0 spiro atoms. The molecule has 1 aliphatic carbocycles. The van der Waals surface area contributed by atoms with Crippen LogP contribution in [0.1, 0.15) is 36.9 Å². The van der Waals surface area contributed by atoms with Gasteiger partial charge in [-0.1, -0.05) is 12.5 Å². The summed E-state index contributed by atoms with van der Waals surface area (Å²) in [5.41, 5.74) is 1.63. The largest absolute Gasteiger partial charge is 0.391 e. The molecular formula is C15H18F3NO. The summed E-state index contributed by atoms with van der Waals surface area (Å²) in [7, 11) is 0. The maximum Gasteiger partial charge on any atom is 0.391 e. The minimum atomic E-state index is -4.18. The SMILES string of the molecule is Cc1ccc(CC(=O)C2CCCC(C(F)(F)F)C2)nc1. The molecule has 0 bridgehead atoms. The molecule has 2 nitrogen and oxygen atoms in total. The molecule has 110 valence electrons. The lowest BCUT2D eigenvalue weighted by molar-refractivity contribution is -0.186. The number of ketones is 1. The van der Waals surface area contributed by atoms with E-state index in [2.05, 4.69) is 4.98 Å². The second-order valence-corrected chi connectivity index (χ2v) is 5.57. The minimum Gasteiger partial charge on any atom is -0.299 e. The molecule has 2 atom stereocenters. The van der Waals surface area contributed by atoms with Crippen molar-refractivity contribution in [1.82, 2.24) is 4.98 Å². The van der Waals surface area contributed by atoms with Crippen molar-refractivity contribution in [2.24, 2.45) is 11.8 Å². The second kappa shape index (κ2) is 5.94. The number of rotatable bonds is 3. The summed E-state index contributed by atoms with van der Waals surface area (Å²) in [4.78, 5) is 16.3. The van der Waals surface area contributed by atoms with Gasteiger partial charge in [-0.05, 0) is 37.8 Å². The van der Waals surface area contributed by atoms with E-state index in [-0.39, 0.29) is 25.0 Å². The van der Waals surface area contributed by atoms with Crippen LogP contribution in [-0.2, 0) is 11.2 Å². The van der Waals surface area contributed by atoms with Crippen LogP contribution in [-0.4, -0.2) is 16.9 Å². The number of nitrogens with zero attached hydrogens (tertiary/aromatic N) is 1. The van der Waals surface area contributed by atoms with Crippen LogP contribution < -0.4 is 0 Å². The average Bonchev–Trinajstić information content (AvgIpc) is 2.40. The normalized spacial score (nSPS) is 23.6. The van der Waals surface area contributed by atoms with Gasteiger partial charge < -0.3 is 0 Å². The first-order valence-electron chi connectivity index (χ1n) is 6.87. The molecular weight excluding hydrogens is 267 g/mol. The van der Waals surface area contributed by atoms with Gasteiger partial charge in [0.2, 0.25) is 0 Å². The number of pyridine rings is 1. The van der Waals surface area contributed by atoms with Crippen molar-refractivity contribution in [3.05, 3.63) is 29.6 Å². The Morgan fingerprint density at radius 1 is 1.35 bits per heavy atom. The summed E-state index contributed by atoms with van der Waals surface area (Å²) in [5.74, 6) is -1.91. The van der Waals surface area contributed by atoms with Crippen molar-refractivity contribution < 1.29 is 18.0 Å². The highest BCUT2D eigenvalue weighted by Gasteiger charge is 2.43. The third-order valence-corrected chi connectivity index (χ3v) is 3.92. The number of alkyl halides is 3. The van der Waals surface area contributed by atoms with Crippen molar-refractivity contribution in [3.63, 3.8) is 0 Å². The minimum absolute atomic E-state index is 0.0613. The fraction of sp³-hybridized carbons (Fsp3) is 0.600. The van der Waals surface area contributed by atoms with Crippen LogP contribution in [0.15, 0.2) is 18.3 Å². The molecule has 0 aromatic carbocycles. The Hall–Kier alpha value is -1.39. The molecule has 2 unspecified atom stereocenters. The van der Waals surface area contributed by atoms with Crippen LogP contribution in [0, 0.1) is 18.8 Å². The van der Waals surface area contributed by atoms with Gasteiger partial charge in [-0.15, -0.1) is 0 Å². The lowest BCUT2D eigenvalue weighted by Crippen LogP contribution is -2.32. The summed E-state index contributed by atoms with van der Waals surface area (Å²) < 4.78 is 38.2. The molecule has 1 saturated carbocycles. The van der Waals surface area contributed by atoms with E-state index in [1.54, 1.807) is 12.3 Å². The number of carbonyl (C=O) groups excluding carboxylic acids is 1. The topological polar surface area (TPSA) is 30.0 Å². The maximum atomic E-state index is 12.7. The van der Waals surface area contributed by atoms with Gasteiger partial charge in [0.25, 0.3) is 0 Å². The lowest BCUT2D eigenvalue weighted by atomic mass is 9.78. The molecule has 1 heterocycles. The van der Waals surface area contributed by atoms with Crippen LogP contribution in [0.25, 0.3) is 0 Å². The number of hydrogen-bond acceptors (Lipinski definition) is 2. The van der Waals surface area contributed by atoms with Crippen LogP contribution in [0.5, 0.6) is 0 Å². The summed E-state index contributed by atoms with van der Waals surface area (Å²) >= 11 is 0. The highest BCUT2D eigenvalue weighted by molar-refractivity contribution is 5.83. The van der Waals surface area contributed by atoms with Gasteiger partial charge in [-0.3, -0.25) is 9.78 Å². The van der Waals surface area contributed by atoms with Gasteiger partial charge in [0.15, 0.2) is 0 Å². The van der Waals surface area contributed by atoms with Crippen molar-refractivity contribution >= 4 is 5.78 Å². The van der Waals surface area contributed by atoms with E-state index < -0.39 is 18.0 Å². The van der Waals surface area contributed by atoms with Gasteiger partial charge in [0, 0.05) is 24.2 Å². The predicted molar refractivity (Wildman–Crippen MR) is 69.2 cm³/mol. The molecule has 1 fully saturated rings. The lowest BCUT2D eigenvalue weighted by Gasteiger charge is -2.29. The first kappa shape index (κ1) is 15.0. The quantitative estimate of drug-likeness (QED) is 0.843. The molecule has 0 saturated heterocycles. The van der Waals surface area contributed by atoms with Crippen LogP contribution in [0.2, 0.25) is 0 Å². The van der Waals surface area contributed by atoms with Gasteiger partial charge in [0.05, 0.1) is 5.92 Å². The molecule has 0 aliphatic heterocycles. The molecule has 5 heteroatoms. The first-order valence-corrected chi connectivity index (χ1v) is 6.87. The van der Waals surface area contributed by atoms with E-state index in [4.69, 9.17) is 0 Å². The Morgan fingerprint density at radius 2 is 2.10 bits per heavy atom. The van der Waals surface area contributed by atoms with Crippen LogP contribution >= 0.6 is 0 Å². The van der Waals surface area contributed by atoms with Crippen LogP contribution in [0.4, 0.5) is 13.2 Å². The van der Waals surface area contributed by atoms with Gasteiger partial charge in [-0.2, -0.15) is 13.2 Å². The maximum absolute atomic E-state index is 12.7. The van der Waals surface area contributed by atoms with Crippen molar-refractivity contribution in [1.29, 1.82) is 0 Å². The van der Waals surface area contributed by atoms with E-state index in [0.717, 1.165) is 5.56 Å². The van der Waals surface area contributed by atoms with E-state index in [1.165, 1.54) is 0 Å². The number of hydrogen-bond donors (Lipinski definition) is 0. The summed E-state index contributed by atoms with van der Waals surface area (Å²) in [5, 5.41) is 0. The van der Waals surface area contributed by atoms with Crippen LogP contribution in [0.3, 0.4) is 0 Å². The molecule has 2 rings (SSSR count). The zero-order valence-electron chi connectivity index (χ0n) is 11.4. The fourth-order valence-corrected chi connectivity index (χ4v) is 2.71. The monoisotopic (exact) mass is 285 g/mol. The molecule has 1 aromatic rings. The van der Waals surface area contributed by atoms with Crippen molar-refractivity contribution in [3.8, 4) is 0 Å². The fourth-order valence-electron chi connectivity index (χ4n) is 2.71. The molecule has 0 radical (unpaired) electrons. The summed E-state index contributed by atoms with van der Waals surface area (Å²) in [6, 6.07) is 3.62. The van der Waals surface area contributed by atoms with E-state index in [1.807, 2.05) is 13.0 Å². The average molecular weight is 285 g/mol. The standard InChI is InChI=1S/C15H18F3NO/c1-10-5-6-13(19-9-10)8-14(20)11-3-2-4-12(7-11)15(16,17)18/h5-6,9,11-12H,2-4,7-8H2,1H3.